The van der Waals surface area contributed by atoms with Crippen molar-refractivity contribution >= 4 is 29.2 Å². The SMILES string of the molecule is Cc1ccc(N(CC(=O)NC2CCCC2)C(=O)CCCC(=O)Nc2ccccn2)cc1C. The molecule has 1 aliphatic carbocycles. The number of nitrogens with one attached hydrogen (secondary N) is 2. The lowest BCUT2D eigenvalue weighted by Gasteiger charge is -2.24. The van der Waals surface area contributed by atoms with Crippen molar-refractivity contribution in [2.75, 3.05) is 16.8 Å². The van der Waals surface area contributed by atoms with E-state index >= 15 is 0 Å². The van der Waals surface area contributed by atoms with Gasteiger partial charge in [0.1, 0.15) is 12.4 Å². The summed E-state index contributed by atoms with van der Waals surface area (Å²) in [6.45, 7) is 3.98. The summed E-state index contributed by atoms with van der Waals surface area (Å²) in [5.74, 6) is -0.00536. The molecule has 0 aliphatic heterocycles. The Morgan fingerprint density at radius 1 is 1.00 bits per heavy atom. The van der Waals surface area contributed by atoms with Gasteiger partial charge in [0.15, 0.2) is 0 Å². The number of hydrogen-bond acceptors (Lipinski definition) is 4. The first-order valence-corrected chi connectivity index (χ1v) is 11.3. The molecule has 1 aromatic carbocycles. The number of anilines is 2. The Kier molecular flexibility index (Phi) is 8.36. The lowest BCUT2D eigenvalue weighted by molar-refractivity contribution is -0.124. The Hall–Kier alpha value is -3.22. The average Bonchev–Trinajstić information content (AvgIpc) is 3.27. The fraction of sp³-hybridized carbons (Fsp3) is 0.440. The van der Waals surface area contributed by atoms with Gasteiger partial charge in [-0.05, 0) is 68.5 Å². The van der Waals surface area contributed by atoms with Crippen molar-refractivity contribution in [2.45, 2.75) is 64.8 Å². The molecule has 32 heavy (non-hydrogen) atoms. The summed E-state index contributed by atoms with van der Waals surface area (Å²) < 4.78 is 0. The molecule has 0 atom stereocenters. The van der Waals surface area contributed by atoms with Crippen LogP contribution in [0.5, 0.6) is 0 Å². The molecule has 3 rings (SSSR count). The Balaban J connectivity index is 1.59. The number of nitrogens with zero attached hydrogens (tertiary/aromatic N) is 2. The number of carbonyl (C=O) groups is 3. The molecule has 1 saturated carbocycles. The van der Waals surface area contributed by atoms with Crippen molar-refractivity contribution in [3.8, 4) is 0 Å². The van der Waals surface area contributed by atoms with Crippen LogP contribution in [-0.2, 0) is 14.4 Å². The third kappa shape index (κ3) is 6.90. The number of pyridine rings is 1. The molecule has 1 aliphatic rings. The van der Waals surface area contributed by atoms with E-state index in [0.717, 1.165) is 36.8 Å². The number of benzene rings is 1. The van der Waals surface area contributed by atoms with Crippen molar-refractivity contribution in [1.29, 1.82) is 0 Å². The lowest BCUT2D eigenvalue weighted by atomic mass is 10.1. The number of carbonyl (C=O) groups excluding carboxylic acids is 3. The molecule has 0 unspecified atom stereocenters. The van der Waals surface area contributed by atoms with E-state index in [1.165, 1.54) is 4.90 Å². The molecule has 2 aromatic rings. The highest BCUT2D eigenvalue weighted by Crippen LogP contribution is 2.21. The summed E-state index contributed by atoms with van der Waals surface area (Å²) in [6, 6.07) is 11.3. The Bertz CT molecular complexity index is 939. The Labute approximate surface area is 189 Å². The second-order valence-electron chi connectivity index (χ2n) is 8.41. The highest BCUT2D eigenvalue weighted by atomic mass is 16.2. The van der Waals surface area contributed by atoms with Gasteiger partial charge in [-0.3, -0.25) is 14.4 Å². The first kappa shape index (κ1) is 23.4. The van der Waals surface area contributed by atoms with Crippen LogP contribution in [0.15, 0.2) is 42.6 Å². The predicted molar refractivity (Wildman–Crippen MR) is 125 cm³/mol. The van der Waals surface area contributed by atoms with Gasteiger partial charge in [0.2, 0.25) is 17.7 Å². The standard InChI is InChI=1S/C25H32N4O3/c1-18-13-14-21(16-19(18)2)29(17-24(31)27-20-8-3-4-9-20)25(32)12-7-11-23(30)28-22-10-5-6-15-26-22/h5-6,10,13-16,20H,3-4,7-9,11-12,17H2,1-2H3,(H,27,31)(H,26,28,30). The second kappa shape index (κ2) is 11.4. The molecule has 0 bridgehead atoms. The minimum absolute atomic E-state index is 0.0159. The summed E-state index contributed by atoms with van der Waals surface area (Å²) in [5, 5.41) is 5.78. The van der Waals surface area contributed by atoms with Crippen molar-refractivity contribution < 1.29 is 14.4 Å². The molecular formula is C25H32N4O3. The quantitative estimate of drug-likeness (QED) is 0.624. The topological polar surface area (TPSA) is 91.4 Å². The molecular weight excluding hydrogens is 404 g/mol. The number of amides is 3. The van der Waals surface area contributed by atoms with Crippen molar-refractivity contribution in [1.82, 2.24) is 10.3 Å². The van der Waals surface area contributed by atoms with Gasteiger partial charge < -0.3 is 15.5 Å². The molecule has 0 radical (unpaired) electrons. The van der Waals surface area contributed by atoms with Crippen LogP contribution in [0, 0.1) is 13.8 Å². The Morgan fingerprint density at radius 3 is 2.47 bits per heavy atom. The summed E-state index contributed by atoms with van der Waals surface area (Å²) in [5.41, 5.74) is 2.89. The zero-order valence-corrected chi connectivity index (χ0v) is 18.9. The minimum atomic E-state index is -0.187. The molecule has 0 spiro atoms. The van der Waals surface area contributed by atoms with Crippen LogP contribution in [0.3, 0.4) is 0 Å². The fourth-order valence-electron chi connectivity index (χ4n) is 3.88. The van der Waals surface area contributed by atoms with Crippen LogP contribution < -0.4 is 15.5 Å². The summed E-state index contributed by atoms with van der Waals surface area (Å²) in [7, 11) is 0. The first-order chi connectivity index (χ1) is 15.4. The fourth-order valence-corrected chi connectivity index (χ4v) is 3.88. The predicted octanol–water partition coefficient (Wildman–Crippen LogP) is 3.90. The third-order valence-corrected chi connectivity index (χ3v) is 5.85. The maximum atomic E-state index is 13.1. The number of rotatable bonds is 9. The van der Waals surface area contributed by atoms with E-state index in [-0.39, 0.29) is 43.1 Å². The van der Waals surface area contributed by atoms with Crippen molar-refractivity contribution in [3.63, 3.8) is 0 Å². The minimum Gasteiger partial charge on any atom is -0.352 e. The Morgan fingerprint density at radius 2 is 1.78 bits per heavy atom. The highest BCUT2D eigenvalue weighted by molar-refractivity contribution is 5.99. The van der Waals surface area contributed by atoms with Gasteiger partial charge in [0, 0.05) is 30.8 Å². The van der Waals surface area contributed by atoms with Gasteiger partial charge in [-0.2, -0.15) is 0 Å². The highest BCUT2D eigenvalue weighted by Gasteiger charge is 2.23. The number of aryl methyl sites for hydroxylation is 2. The average molecular weight is 437 g/mol. The van der Waals surface area contributed by atoms with Gasteiger partial charge in [0.05, 0.1) is 0 Å². The molecule has 7 nitrogen and oxygen atoms in total. The normalized spacial score (nSPS) is 13.6. The molecule has 0 saturated heterocycles. The van der Waals surface area contributed by atoms with E-state index in [4.69, 9.17) is 0 Å². The van der Waals surface area contributed by atoms with Crippen LogP contribution in [0.4, 0.5) is 11.5 Å². The molecule has 2 N–H and O–H groups in total. The van der Waals surface area contributed by atoms with Gasteiger partial charge >= 0.3 is 0 Å². The smallest absolute Gasteiger partial charge is 0.240 e. The van der Waals surface area contributed by atoms with Crippen LogP contribution in [0.2, 0.25) is 0 Å². The lowest BCUT2D eigenvalue weighted by Crippen LogP contribution is -2.43. The second-order valence-corrected chi connectivity index (χ2v) is 8.41. The van der Waals surface area contributed by atoms with E-state index in [1.54, 1.807) is 24.4 Å². The third-order valence-electron chi connectivity index (χ3n) is 5.85. The van der Waals surface area contributed by atoms with Crippen LogP contribution >= 0.6 is 0 Å². The number of hydrogen-bond donors (Lipinski definition) is 2. The maximum absolute atomic E-state index is 13.1. The zero-order valence-electron chi connectivity index (χ0n) is 18.9. The van der Waals surface area contributed by atoms with E-state index in [9.17, 15) is 14.4 Å². The van der Waals surface area contributed by atoms with Crippen LogP contribution in [0.25, 0.3) is 0 Å². The monoisotopic (exact) mass is 436 g/mol. The molecule has 1 heterocycles. The van der Waals surface area contributed by atoms with Gasteiger partial charge in [-0.1, -0.05) is 25.0 Å². The maximum Gasteiger partial charge on any atom is 0.240 e. The van der Waals surface area contributed by atoms with Crippen molar-refractivity contribution in [3.05, 3.63) is 53.7 Å². The summed E-state index contributed by atoms with van der Waals surface area (Å²) in [6.07, 6.45) is 6.64. The molecule has 7 heteroatoms. The van der Waals surface area contributed by atoms with Gasteiger partial charge in [-0.15, -0.1) is 0 Å². The molecule has 1 fully saturated rings. The van der Waals surface area contributed by atoms with Gasteiger partial charge in [-0.25, -0.2) is 4.98 Å². The van der Waals surface area contributed by atoms with E-state index in [0.29, 0.717) is 17.9 Å². The molecule has 1 aromatic heterocycles. The molecule has 170 valence electrons. The largest absolute Gasteiger partial charge is 0.352 e. The van der Waals surface area contributed by atoms with Crippen molar-refractivity contribution in [2.24, 2.45) is 0 Å². The van der Waals surface area contributed by atoms with Gasteiger partial charge in [0.25, 0.3) is 0 Å². The van der Waals surface area contributed by atoms with E-state index in [1.807, 2.05) is 32.0 Å². The van der Waals surface area contributed by atoms with Crippen LogP contribution in [0.1, 0.15) is 56.1 Å². The first-order valence-electron chi connectivity index (χ1n) is 11.3. The van der Waals surface area contributed by atoms with Crippen LogP contribution in [-0.4, -0.2) is 35.3 Å². The van der Waals surface area contributed by atoms with E-state index in [2.05, 4.69) is 15.6 Å². The summed E-state index contributed by atoms with van der Waals surface area (Å²) >= 11 is 0. The zero-order chi connectivity index (χ0) is 22.9. The van der Waals surface area contributed by atoms with E-state index < -0.39 is 0 Å². The number of aromatic nitrogens is 1. The molecule has 3 amide bonds. The summed E-state index contributed by atoms with van der Waals surface area (Å²) in [4.78, 5) is 43.5.